The monoisotopic (exact) mass is 333 g/mol. The van der Waals surface area contributed by atoms with Crippen molar-refractivity contribution in [3.05, 3.63) is 30.1 Å². The number of sulfonamides is 1. The Labute approximate surface area is 127 Å². The largest absolute Gasteiger partial charge is 0.481 e. The number of aliphatic carboxylic acids is 1. The van der Waals surface area contributed by atoms with Gasteiger partial charge in [-0.25, -0.2) is 21.9 Å². The summed E-state index contributed by atoms with van der Waals surface area (Å²) in [6, 6.07) is 4.23. The molecule has 2 N–H and O–H groups in total. The van der Waals surface area contributed by atoms with E-state index in [0.717, 1.165) is 24.3 Å². The third-order valence-electron chi connectivity index (χ3n) is 3.93. The maximum Gasteiger partial charge on any atom is 0.306 e. The van der Waals surface area contributed by atoms with E-state index in [9.17, 15) is 22.0 Å². The summed E-state index contributed by atoms with van der Waals surface area (Å²) in [4.78, 5) is 10.7. The van der Waals surface area contributed by atoms with Gasteiger partial charge >= 0.3 is 5.97 Å². The van der Waals surface area contributed by atoms with Gasteiger partial charge in [-0.2, -0.15) is 0 Å². The van der Waals surface area contributed by atoms with E-state index in [1.807, 2.05) is 0 Å². The van der Waals surface area contributed by atoms with Crippen molar-refractivity contribution >= 4 is 16.0 Å². The van der Waals surface area contributed by atoms with Crippen LogP contribution in [0.25, 0.3) is 0 Å². The lowest BCUT2D eigenvalue weighted by atomic mass is 9.80. The summed E-state index contributed by atoms with van der Waals surface area (Å²) in [5, 5.41) is 8.87. The number of alkyl halides is 1. The first-order valence-corrected chi connectivity index (χ1v) is 8.37. The van der Waals surface area contributed by atoms with Gasteiger partial charge in [0.15, 0.2) is 0 Å². The van der Waals surface area contributed by atoms with E-state index in [1.54, 1.807) is 0 Å². The van der Waals surface area contributed by atoms with E-state index >= 15 is 0 Å². The smallest absolute Gasteiger partial charge is 0.306 e. The number of carboxylic acids is 1. The molecule has 0 saturated heterocycles. The van der Waals surface area contributed by atoms with E-state index in [1.165, 1.54) is 0 Å². The van der Waals surface area contributed by atoms with Crippen LogP contribution in [0.15, 0.2) is 29.2 Å². The van der Waals surface area contributed by atoms with Crippen molar-refractivity contribution < 1.29 is 27.1 Å². The standard InChI is InChI=1S/C14H17F2NO4S/c15-11-1-3-12(4-2-11)22(20,21)17-9-14(16)7-5-10(6-8-14)13(18)19/h1-4,10,17H,5-9H2,(H,18,19). The van der Waals surface area contributed by atoms with E-state index in [2.05, 4.69) is 4.72 Å². The van der Waals surface area contributed by atoms with Crippen molar-refractivity contribution in [3.8, 4) is 0 Å². The van der Waals surface area contributed by atoms with Gasteiger partial charge in [0.1, 0.15) is 11.5 Å². The molecule has 1 fully saturated rings. The minimum Gasteiger partial charge on any atom is -0.481 e. The van der Waals surface area contributed by atoms with Gasteiger partial charge < -0.3 is 5.11 Å². The molecule has 0 unspecified atom stereocenters. The Morgan fingerprint density at radius 3 is 2.32 bits per heavy atom. The van der Waals surface area contributed by atoms with Crippen molar-refractivity contribution in [2.24, 2.45) is 5.92 Å². The average molecular weight is 333 g/mol. The lowest BCUT2D eigenvalue weighted by Gasteiger charge is -2.32. The predicted octanol–water partition coefficient (Wildman–Crippen LogP) is 2.09. The zero-order chi connectivity index (χ0) is 16.4. The van der Waals surface area contributed by atoms with Gasteiger partial charge in [-0.1, -0.05) is 0 Å². The second kappa shape index (κ2) is 6.29. The Morgan fingerprint density at radius 1 is 1.27 bits per heavy atom. The Kier molecular flexibility index (Phi) is 4.81. The van der Waals surface area contributed by atoms with Crippen LogP contribution in [-0.2, 0) is 14.8 Å². The lowest BCUT2D eigenvalue weighted by molar-refractivity contribution is -0.143. The zero-order valence-electron chi connectivity index (χ0n) is 11.8. The van der Waals surface area contributed by atoms with Crippen LogP contribution >= 0.6 is 0 Å². The molecule has 0 radical (unpaired) electrons. The highest BCUT2D eigenvalue weighted by molar-refractivity contribution is 7.89. The summed E-state index contributed by atoms with van der Waals surface area (Å²) < 4.78 is 53.5. The third-order valence-corrected chi connectivity index (χ3v) is 5.35. The topological polar surface area (TPSA) is 83.5 Å². The molecule has 22 heavy (non-hydrogen) atoms. The van der Waals surface area contributed by atoms with Gasteiger partial charge in [-0.05, 0) is 49.9 Å². The van der Waals surface area contributed by atoms with Gasteiger partial charge in [-0.15, -0.1) is 0 Å². The van der Waals surface area contributed by atoms with E-state index in [4.69, 9.17) is 5.11 Å². The molecule has 1 aliphatic rings. The number of benzene rings is 1. The molecular formula is C14H17F2NO4S. The molecule has 0 atom stereocenters. The van der Waals surface area contributed by atoms with Crippen molar-refractivity contribution in [1.82, 2.24) is 4.72 Å². The summed E-state index contributed by atoms with van der Waals surface area (Å²) in [5.74, 6) is -2.08. The maximum atomic E-state index is 14.5. The molecule has 8 heteroatoms. The van der Waals surface area contributed by atoms with Crippen LogP contribution in [0.2, 0.25) is 0 Å². The second-order valence-corrected chi connectivity index (χ2v) is 7.31. The van der Waals surface area contributed by atoms with E-state index in [0.29, 0.717) is 0 Å². The Bertz CT molecular complexity index is 637. The van der Waals surface area contributed by atoms with E-state index in [-0.39, 0.29) is 30.6 Å². The number of carboxylic acid groups (broad SMARTS) is 1. The normalized spacial score (nSPS) is 25.8. The molecule has 2 rings (SSSR count). The van der Waals surface area contributed by atoms with Gasteiger partial charge in [0.2, 0.25) is 10.0 Å². The van der Waals surface area contributed by atoms with Crippen LogP contribution in [0.1, 0.15) is 25.7 Å². The predicted molar refractivity (Wildman–Crippen MR) is 75.0 cm³/mol. The van der Waals surface area contributed by atoms with Crippen LogP contribution in [0.3, 0.4) is 0 Å². The summed E-state index contributed by atoms with van der Waals surface area (Å²) in [6.07, 6.45) is 0.361. The van der Waals surface area contributed by atoms with Crippen LogP contribution in [0, 0.1) is 11.7 Å². The first kappa shape index (κ1) is 16.8. The molecule has 0 bridgehead atoms. The molecule has 0 spiro atoms. The number of rotatable bonds is 5. The first-order valence-electron chi connectivity index (χ1n) is 6.89. The second-order valence-electron chi connectivity index (χ2n) is 5.54. The molecule has 0 aromatic heterocycles. The van der Waals surface area contributed by atoms with Crippen LogP contribution in [0.4, 0.5) is 8.78 Å². The molecule has 1 aromatic rings. The quantitative estimate of drug-likeness (QED) is 0.864. The number of hydrogen-bond acceptors (Lipinski definition) is 3. The molecule has 0 aliphatic heterocycles. The van der Waals surface area contributed by atoms with Crippen LogP contribution < -0.4 is 4.72 Å². The molecule has 122 valence electrons. The Hall–Kier alpha value is -1.54. The van der Waals surface area contributed by atoms with Gasteiger partial charge in [-0.3, -0.25) is 4.79 Å². The molecule has 0 amide bonds. The minimum absolute atomic E-state index is 0.00406. The molecule has 1 aromatic carbocycles. The summed E-state index contributed by atoms with van der Waals surface area (Å²) in [7, 11) is -3.92. The fraction of sp³-hybridized carbons (Fsp3) is 0.500. The highest BCUT2D eigenvalue weighted by Gasteiger charge is 2.38. The number of halogens is 2. The maximum absolute atomic E-state index is 14.5. The lowest BCUT2D eigenvalue weighted by Crippen LogP contribution is -2.43. The summed E-state index contributed by atoms with van der Waals surface area (Å²) >= 11 is 0. The van der Waals surface area contributed by atoms with Crippen molar-refractivity contribution in [2.75, 3.05) is 6.54 Å². The van der Waals surface area contributed by atoms with Crippen LogP contribution in [0.5, 0.6) is 0 Å². The zero-order valence-corrected chi connectivity index (χ0v) is 12.6. The van der Waals surface area contributed by atoms with Gasteiger partial charge in [0.05, 0.1) is 10.8 Å². The van der Waals surface area contributed by atoms with Gasteiger partial charge in [0, 0.05) is 6.54 Å². The van der Waals surface area contributed by atoms with Crippen molar-refractivity contribution in [3.63, 3.8) is 0 Å². The summed E-state index contributed by atoms with van der Waals surface area (Å²) in [6.45, 7) is -0.418. The fourth-order valence-corrected chi connectivity index (χ4v) is 3.59. The van der Waals surface area contributed by atoms with Crippen molar-refractivity contribution in [1.29, 1.82) is 0 Å². The average Bonchev–Trinajstić information content (AvgIpc) is 2.46. The van der Waals surface area contributed by atoms with Crippen molar-refractivity contribution in [2.45, 2.75) is 36.2 Å². The molecule has 1 aliphatic carbocycles. The molecular weight excluding hydrogens is 316 g/mol. The number of hydrogen-bond donors (Lipinski definition) is 2. The highest BCUT2D eigenvalue weighted by atomic mass is 32.2. The highest BCUT2D eigenvalue weighted by Crippen LogP contribution is 2.35. The van der Waals surface area contributed by atoms with Crippen LogP contribution in [-0.4, -0.2) is 31.7 Å². The fourth-order valence-electron chi connectivity index (χ4n) is 2.48. The third kappa shape index (κ3) is 4.01. The summed E-state index contributed by atoms with van der Waals surface area (Å²) in [5.41, 5.74) is -1.75. The minimum atomic E-state index is -3.92. The molecule has 0 heterocycles. The SMILES string of the molecule is O=C(O)C1CCC(F)(CNS(=O)(=O)c2ccc(F)cc2)CC1. The first-order chi connectivity index (χ1) is 10.2. The van der Waals surface area contributed by atoms with E-state index < -0.39 is 39.9 Å². The molecule has 5 nitrogen and oxygen atoms in total. The number of nitrogens with one attached hydrogen (secondary N) is 1. The Morgan fingerprint density at radius 2 is 1.82 bits per heavy atom. The Balaban J connectivity index is 1.97. The van der Waals surface area contributed by atoms with Gasteiger partial charge in [0.25, 0.3) is 0 Å². The molecule has 1 saturated carbocycles. The number of carbonyl (C=O) groups is 1.